The average Bonchev–Trinajstić information content (AvgIpc) is 2.60. The fraction of sp³-hybridized carbons (Fsp3) is 0.526. The molecule has 7 heteroatoms. The summed E-state index contributed by atoms with van der Waals surface area (Å²) in [6.07, 6.45) is 0.131. The Labute approximate surface area is 153 Å². The molecule has 0 aromatic heterocycles. The van der Waals surface area contributed by atoms with Crippen LogP contribution in [0.15, 0.2) is 30.3 Å². The van der Waals surface area contributed by atoms with Crippen molar-refractivity contribution in [3.8, 4) is 0 Å². The summed E-state index contributed by atoms with van der Waals surface area (Å²) in [5.41, 5.74) is 0.0198. The Hall–Kier alpha value is -2.41. The van der Waals surface area contributed by atoms with E-state index >= 15 is 0 Å². The Bertz CT molecular complexity index is 639. The molecule has 0 saturated carbocycles. The minimum Gasteiger partial charge on any atom is -0.469 e. The third kappa shape index (κ3) is 4.82. The number of ether oxygens (including phenoxy) is 2. The molecule has 7 nitrogen and oxygen atoms in total. The molecule has 2 rings (SSSR count). The van der Waals surface area contributed by atoms with E-state index in [1.54, 1.807) is 20.8 Å². The minimum absolute atomic E-state index is 0.0331. The van der Waals surface area contributed by atoms with Gasteiger partial charge >= 0.3 is 12.1 Å². The third-order valence-electron chi connectivity index (χ3n) is 4.12. The summed E-state index contributed by atoms with van der Waals surface area (Å²) < 4.78 is 10.1. The van der Waals surface area contributed by atoms with Crippen LogP contribution in [-0.2, 0) is 23.9 Å². The van der Waals surface area contributed by atoms with Crippen LogP contribution >= 0.6 is 0 Å². The van der Waals surface area contributed by atoms with Crippen LogP contribution in [0.4, 0.5) is 4.79 Å². The molecule has 1 aliphatic heterocycles. The maximum atomic E-state index is 12.6. The SMILES string of the molecule is COC(=O)C[C@@H]1CON(C(=O)OC(C)(C)C)[C@H](c2ccccc2)[C@H]1C=O. The number of carbonyl (C=O) groups is 3. The maximum Gasteiger partial charge on any atom is 0.435 e. The highest BCUT2D eigenvalue weighted by Crippen LogP contribution is 2.39. The van der Waals surface area contributed by atoms with Crippen LogP contribution < -0.4 is 0 Å². The van der Waals surface area contributed by atoms with Gasteiger partial charge in [0.1, 0.15) is 11.9 Å². The van der Waals surface area contributed by atoms with E-state index in [4.69, 9.17) is 14.3 Å². The van der Waals surface area contributed by atoms with E-state index in [1.165, 1.54) is 7.11 Å². The molecule has 0 spiro atoms. The van der Waals surface area contributed by atoms with Crippen LogP contribution in [0, 0.1) is 11.8 Å². The van der Waals surface area contributed by atoms with E-state index in [1.807, 2.05) is 30.3 Å². The van der Waals surface area contributed by atoms with Crippen LogP contribution in [0.25, 0.3) is 0 Å². The van der Waals surface area contributed by atoms with Crippen molar-refractivity contribution in [3.63, 3.8) is 0 Å². The Morgan fingerprint density at radius 3 is 2.46 bits per heavy atom. The monoisotopic (exact) mass is 363 g/mol. The van der Waals surface area contributed by atoms with Crippen molar-refractivity contribution in [2.45, 2.75) is 38.8 Å². The summed E-state index contributed by atoms with van der Waals surface area (Å²) in [6.45, 7) is 5.30. The molecule has 1 fully saturated rings. The van der Waals surface area contributed by atoms with Gasteiger partial charge in [0, 0.05) is 11.8 Å². The molecule has 142 valence electrons. The van der Waals surface area contributed by atoms with Crippen molar-refractivity contribution in [2.24, 2.45) is 11.8 Å². The second kappa shape index (κ2) is 8.31. The Kier molecular flexibility index (Phi) is 6.37. The Balaban J connectivity index is 2.35. The molecule has 1 amide bonds. The van der Waals surface area contributed by atoms with E-state index in [0.717, 1.165) is 16.9 Å². The highest BCUT2D eigenvalue weighted by molar-refractivity contribution is 5.72. The molecule has 1 aromatic rings. The van der Waals surface area contributed by atoms with Gasteiger partial charge in [-0.15, -0.1) is 0 Å². The van der Waals surface area contributed by atoms with Gasteiger partial charge in [0.15, 0.2) is 0 Å². The van der Waals surface area contributed by atoms with Crippen LogP contribution in [0.5, 0.6) is 0 Å². The van der Waals surface area contributed by atoms with Gasteiger partial charge < -0.3 is 14.3 Å². The number of hydroxylamine groups is 2. The number of methoxy groups -OCH3 is 1. The number of hydrogen-bond acceptors (Lipinski definition) is 6. The van der Waals surface area contributed by atoms with E-state index in [-0.39, 0.29) is 13.0 Å². The quantitative estimate of drug-likeness (QED) is 0.604. The highest BCUT2D eigenvalue weighted by atomic mass is 16.7. The molecule has 1 heterocycles. The molecular formula is C19H25NO6. The number of benzene rings is 1. The van der Waals surface area contributed by atoms with E-state index in [2.05, 4.69) is 0 Å². The van der Waals surface area contributed by atoms with Crippen molar-refractivity contribution in [2.75, 3.05) is 13.7 Å². The topological polar surface area (TPSA) is 82.1 Å². The normalized spacial score (nSPS) is 23.2. The summed E-state index contributed by atoms with van der Waals surface area (Å²) in [4.78, 5) is 41.8. The Morgan fingerprint density at radius 2 is 1.92 bits per heavy atom. The number of carbonyl (C=O) groups excluding carboxylic acids is 3. The molecule has 0 bridgehead atoms. The van der Waals surface area contributed by atoms with E-state index in [0.29, 0.717) is 0 Å². The number of aldehydes is 1. The first-order valence-corrected chi connectivity index (χ1v) is 8.49. The third-order valence-corrected chi connectivity index (χ3v) is 4.12. The van der Waals surface area contributed by atoms with Gasteiger partial charge in [-0.25, -0.2) is 4.79 Å². The molecule has 26 heavy (non-hydrogen) atoms. The number of nitrogens with zero attached hydrogens (tertiary/aromatic N) is 1. The maximum absolute atomic E-state index is 12.6. The number of hydrogen-bond donors (Lipinski definition) is 0. The molecule has 1 aromatic carbocycles. The summed E-state index contributed by atoms with van der Waals surface area (Å²) in [7, 11) is 1.30. The predicted molar refractivity (Wildman–Crippen MR) is 92.9 cm³/mol. The van der Waals surface area contributed by atoms with E-state index < -0.39 is 35.5 Å². The molecule has 1 saturated heterocycles. The first-order valence-electron chi connectivity index (χ1n) is 8.49. The van der Waals surface area contributed by atoms with Gasteiger partial charge in [0.25, 0.3) is 0 Å². The van der Waals surface area contributed by atoms with Crippen molar-refractivity contribution < 1.29 is 28.7 Å². The molecule has 0 aliphatic carbocycles. The lowest BCUT2D eigenvalue weighted by atomic mass is 9.81. The lowest BCUT2D eigenvalue weighted by Crippen LogP contribution is -2.49. The summed E-state index contributed by atoms with van der Waals surface area (Å²) in [5, 5.41) is 1.10. The first kappa shape index (κ1) is 19.9. The van der Waals surface area contributed by atoms with Crippen LogP contribution in [0.2, 0.25) is 0 Å². The van der Waals surface area contributed by atoms with Crippen molar-refractivity contribution in [1.29, 1.82) is 0 Å². The lowest BCUT2D eigenvalue weighted by molar-refractivity contribution is -0.226. The second-order valence-corrected chi connectivity index (χ2v) is 7.21. The van der Waals surface area contributed by atoms with Gasteiger partial charge in [-0.1, -0.05) is 30.3 Å². The molecule has 0 radical (unpaired) electrons. The largest absolute Gasteiger partial charge is 0.469 e. The summed E-state index contributed by atoms with van der Waals surface area (Å²) in [6, 6.07) is 8.40. The van der Waals surface area contributed by atoms with Crippen LogP contribution in [0.3, 0.4) is 0 Å². The highest BCUT2D eigenvalue weighted by Gasteiger charge is 2.44. The fourth-order valence-corrected chi connectivity index (χ4v) is 2.94. The fourth-order valence-electron chi connectivity index (χ4n) is 2.94. The zero-order chi connectivity index (χ0) is 19.3. The van der Waals surface area contributed by atoms with Gasteiger partial charge in [0.2, 0.25) is 0 Å². The lowest BCUT2D eigenvalue weighted by Gasteiger charge is -2.42. The smallest absolute Gasteiger partial charge is 0.435 e. The molecule has 1 aliphatic rings. The standard InChI is InChI=1S/C19H25NO6/c1-19(2,3)26-18(23)20-17(13-8-6-5-7-9-13)15(11-21)14(12-25-20)10-16(22)24-4/h5-9,11,14-15,17H,10,12H2,1-4H3/t14-,15+,17-/m1/s1. The zero-order valence-corrected chi connectivity index (χ0v) is 15.5. The first-order chi connectivity index (χ1) is 12.3. The number of rotatable bonds is 4. The van der Waals surface area contributed by atoms with Crippen molar-refractivity contribution >= 4 is 18.3 Å². The van der Waals surface area contributed by atoms with Crippen LogP contribution in [-0.4, -0.2) is 42.7 Å². The van der Waals surface area contributed by atoms with Gasteiger partial charge in [-0.2, -0.15) is 5.06 Å². The minimum atomic E-state index is -0.707. The molecular weight excluding hydrogens is 338 g/mol. The van der Waals surface area contributed by atoms with Gasteiger partial charge in [-0.05, 0) is 26.3 Å². The molecule has 0 N–H and O–H groups in total. The molecule has 0 unspecified atom stereocenters. The van der Waals surface area contributed by atoms with Gasteiger partial charge in [0.05, 0.1) is 26.2 Å². The number of amides is 1. The summed E-state index contributed by atoms with van der Waals surface area (Å²) >= 11 is 0. The van der Waals surface area contributed by atoms with Crippen molar-refractivity contribution in [1.82, 2.24) is 5.06 Å². The van der Waals surface area contributed by atoms with Crippen LogP contribution in [0.1, 0.15) is 38.8 Å². The summed E-state index contributed by atoms with van der Waals surface area (Å²) in [5.74, 6) is -1.45. The zero-order valence-electron chi connectivity index (χ0n) is 15.5. The molecule has 3 atom stereocenters. The van der Waals surface area contributed by atoms with Crippen molar-refractivity contribution in [3.05, 3.63) is 35.9 Å². The second-order valence-electron chi connectivity index (χ2n) is 7.21. The average molecular weight is 363 g/mol. The Morgan fingerprint density at radius 1 is 1.27 bits per heavy atom. The van der Waals surface area contributed by atoms with E-state index in [9.17, 15) is 14.4 Å². The number of esters is 1. The van der Waals surface area contributed by atoms with Gasteiger partial charge in [-0.3, -0.25) is 9.63 Å². The predicted octanol–water partition coefficient (Wildman–Crippen LogP) is 2.90.